The normalized spacial score (nSPS) is 10.2. The molecule has 4 N–H and O–H groups in total. The Balaban J connectivity index is 2.05. The lowest BCUT2D eigenvalue weighted by Gasteiger charge is -2.06. The second-order valence-corrected chi connectivity index (χ2v) is 3.46. The fraction of sp³-hybridized carbons (Fsp3) is 0.111. The summed E-state index contributed by atoms with van der Waals surface area (Å²) in [4.78, 5) is 4.07. The number of nitrogens with two attached hydrogens (primary N) is 1. The van der Waals surface area contributed by atoms with Gasteiger partial charge in [0, 0.05) is 12.4 Å². The summed E-state index contributed by atoms with van der Waals surface area (Å²) in [7, 11) is 0. The lowest BCUT2D eigenvalue weighted by Crippen LogP contribution is -2.04. The SMILES string of the molecule is Nc1cc(Cl)cnc1NCc1ccn[nH]1. The van der Waals surface area contributed by atoms with E-state index in [2.05, 4.69) is 20.5 Å². The van der Waals surface area contributed by atoms with Crippen LogP contribution >= 0.6 is 11.6 Å². The second kappa shape index (κ2) is 4.18. The molecule has 2 aromatic heterocycles. The Morgan fingerprint density at radius 2 is 2.40 bits per heavy atom. The number of hydrogen-bond donors (Lipinski definition) is 3. The molecule has 2 heterocycles. The highest BCUT2D eigenvalue weighted by Gasteiger charge is 2.01. The molecule has 6 heteroatoms. The molecule has 0 aliphatic rings. The molecule has 0 radical (unpaired) electrons. The average molecular weight is 224 g/mol. The monoisotopic (exact) mass is 223 g/mol. The number of H-pyrrole nitrogens is 1. The van der Waals surface area contributed by atoms with Gasteiger partial charge in [0.15, 0.2) is 0 Å². The summed E-state index contributed by atoms with van der Waals surface area (Å²) in [5.41, 5.74) is 7.22. The van der Waals surface area contributed by atoms with Crippen molar-refractivity contribution in [2.75, 3.05) is 11.1 Å². The van der Waals surface area contributed by atoms with Crippen LogP contribution in [0.15, 0.2) is 24.5 Å². The van der Waals surface area contributed by atoms with Crippen LogP contribution in [0.1, 0.15) is 5.69 Å². The molecule has 2 aromatic rings. The molecule has 0 aliphatic heterocycles. The van der Waals surface area contributed by atoms with E-state index in [9.17, 15) is 0 Å². The fourth-order valence-electron chi connectivity index (χ4n) is 1.16. The molecule has 78 valence electrons. The third-order valence-electron chi connectivity index (χ3n) is 1.89. The van der Waals surface area contributed by atoms with E-state index in [0.717, 1.165) is 5.69 Å². The van der Waals surface area contributed by atoms with Gasteiger partial charge in [-0.3, -0.25) is 5.10 Å². The van der Waals surface area contributed by atoms with E-state index >= 15 is 0 Å². The molecule has 0 aromatic carbocycles. The first-order valence-corrected chi connectivity index (χ1v) is 4.76. The zero-order chi connectivity index (χ0) is 10.7. The molecule has 0 fully saturated rings. The molecule has 0 bridgehead atoms. The molecule has 0 saturated carbocycles. The van der Waals surface area contributed by atoms with Crippen LogP contribution in [0.4, 0.5) is 11.5 Å². The summed E-state index contributed by atoms with van der Waals surface area (Å²) in [6.07, 6.45) is 3.24. The van der Waals surface area contributed by atoms with Crippen molar-refractivity contribution >= 4 is 23.1 Å². The standard InChI is InChI=1S/C9H10ClN5/c10-6-3-8(11)9(12-4-6)13-5-7-1-2-14-15-7/h1-4H,5,11H2,(H,12,13)(H,14,15). The highest BCUT2D eigenvalue weighted by Crippen LogP contribution is 2.19. The maximum absolute atomic E-state index is 5.73. The van der Waals surface area contributed by atoms with Crippen molar-refractivity contribution in [3.63, 3.8) is 0 Å². The molecule has 0 spiro atoms. The van der Waals surface area contributed by atoms with E-state index in [-0.39, 0.29) is 0 Å². The van der Waals surface area contributed by atoms with Crippen molar-refractivity contribution in [1.29, 1.82) is 0 Å². The highest BCUT2D eigenvalue weighted by atomic mass is 35.5. The number of aromatic amines is 1. The number of halogens is 1. The van der Waals surface area contributed by atoms with Crippen molar-refractivity contribution in [3.8, 4) is 0 Å². The molecule has 2 rings (SSSR count). The minimum atomic E-state index is 0.527. The van der Waals surface area contributed by atoms with Gasteiger partial charge in [0.25, 0.3) is 0 Å². The van der Waals surface area contributed by atoms with Crippen LogP contribution < -0.4 is 11.1 Å². The van der Waals surface area contributed by atoms with Crippen LogP contribution in [-0.4, -0.2) is 15.2 Å². The third kappa shape index (κ3) is 2.38. The average Bonchev–Trinajstić information content (AvgIpc) is 2.69. The lowest BCUT2D eigenvalue weighted by molar-refractivity contribution is 0.975. The first-order chi connectivity index (χ1) is 7.25. The Labute approximate surface area is 91.7 Å². The van der Waals surface area contributed by atoms with Crippen molar-refractivity contribution in [1.82, 2.24) is 15.2 Å². The van der Waals surface area contributed by atoms with Crippen LogP contribution in [0, 0.1) is 0 Å². The number of hydrogen-bond acceptors (Lipinski definition) is 4. The van der Waals surface area contributed by atoms with Crippen molar-refractivity contribution < 1.29 is 0 Å². The van der Waals surface area contributed by atoms with E-state index in [1.54, 1.807) is 18.5 Å². The Bertz CT molecular complexity index is 440. The van der Waals surface area contributed by atoms with E-state index in [1.165, 1.54) is 0 Å². The van der Waals surface area contributed by atoms with E-state index in [0.29, 0.717) is 23.1 Å². The number of nitrogens with one attached hydrogen (secondary N) is 2. The summed E-state index contributed by atoms with van der Waals surface area (Å²) < 4.78 is 0. The second-order valence-electron chi connectivity index (χ2n) is 3.03. The number of aromatic nitrogens is 3. The fourth-order valence-corrected chi connectivity index (χ4v) is 1.33. The molecule has 0 amide bonds. The number of rotatable bonds is 3. The molecule has 15 heavy (non-hydrogen) atoms. The van der Waals surface area contributed by atoms with Gasteiger partial charge in [-0.05, 0) is 12.1 Å². The Hall–Kier alpha value is -1.75. The number of nitrogens with zero attached hydrogens (tertiary/aromatic N) is 2. The zero-order valence-electron chi connectivity index (χ0n) is 7.87. The Kier molecular flexibility index (Phi) is 2.73. The number of nitrogen functional groups attached to an aromatic ring is 1. The summed E-state index contributed by atoms with van der Waals surface area (Å²) >= 11 is 5.73. The van der Waals surface area contributed by atoms with Crippen molar-refractivity contribution in [2.45, 2.75) is 6.54 Å². The minimum absolute atomic E-state index is 0.527. The van der Waals surface area contributed by atoms with E-state index < -0.39 is 0 Å². The van der Waals surface area contributed by atoms with Crippen LogP contribution in [0.25, 0.3) is 0 Å². The minimum Gasteiger partial charge on any atom is -0.396 e. The smallest absolute Gasteiger partial charge is 0.149 e. The zero-order valence-corrected chi connectivity index (χ0v) is 8.62. The van der Waals surface area contributed by atoms with Gasteiger partial charge >= 0.3 is 0 Å². The first kappa shape index (κ1) is 9.79. The van der Waals surface area contributed by atoms with Crippen LogP contribution in [0.5, 0.6) is 0 Å². The van der Waals surface area contributed by atoms with Gasteiger partial charge < -0.3 is 11.1 Å². The molecule has 0 atom stereocenters. The van der Waals surface area contributed by atoms with Crippen molar-refractivity contribution in [3.05, 3.63) is 35.2 Å². The third-order valence-corrected chi connectivity index (χ3v) is 2.10. The molecular weight excluding hydrogens is 214 g/mol. The first-order valence-electron chi connectivity index (χ1n) is 4.39. The highest BCUT2D eigenvalue weighted by molar-refractivity contribution is 6.30. The number of anilines is 2. The predicted octanol–water partition coefficient (Wildman–Crippen LogP) is 1.65. The topological polar surface area (TPSA) is 79.6 Å². The van der Waals surface area contributed by atoms with Gasteiger partial charge in [-0.25, -0.2) is 4.98 Å². The maximum atomic E-state index is 5.73. The maximum Gasteiger partial charge on any atom is 0.149 e. The largest absolute Gasteiger partial charge is 0.396 e. The molecule has 0 aliphatic carbocycles. The quantitative estimate of drug-likeness (QED) is 0.739. The van der Waals surface area contributed by atoms with E-state index in [4.69, 9.17) is 17.3 Å². The molecule has 0 unspecified atom stereocenters. The van der Waals surface area contributed by atoms with E-state index in [1.807, 2.05) is 6.07 Å². The van der Waals surface area contributed by atoms with Crippen molar-refractivity contribution in [2.24, 2.45) is 0 Å². The van der Waals surface area contributed by atoms with Gasteiger partial charge in [0.1, 0.15) is 5.82 Å². The van der Waals surface area contributed by atoms with Gasteiger partial charge in [0.05, 0.1) is 22.9 Å². The lowest BCUT2D eigenvalue weighted by atomic mass is 10.3. The van der Waals surface area contributed by atoms with Gasteiger partial charge in [-0.2, -0.15) is 5.10 Å². The predicted molar refractivity (Wildman–Crippen MR) is 59.6 cm³/mol. The van der Waals surface area contributed by atoms with Gasteiger partial charge in [0.2, 0.25) is 0 Å². The summed E-state index contributed by atoms with van der Waals surface area (Å²) in [5, 5.41) is 10.3. The van der Waals surface area contributed by atoms with Crippen LogP contribution in [-0.2, 0) is 6.54 Å². The molecule has 0 saturated heterocycles. The molecular formula is C9H10ClN5. The number of pyridine rings is 1. The summed E-state index contributed by atoms with van der Waals surface area (Å²) in [5.74, 6) is 0.619. The summed E-state index contributed by atoms with van der Waals surface area (Å²) in [6.45, 7) is 0.596. The molecule has 5 nitrogen and oxygen atoms in total. The Morgan fingerprint density at radius 1 is 1.53 bits per heavy atom. The summed E-state index contributed by atoms with van der Waals surface area (Å²) in [6, 6.07) is 3.53. The van der Waals surface area contributed by atoms with Crippen LogP contribution in [0.3, 0.4) is 0 Å². The Morgan fingerprint density at radius 3 is 3.07 bits per heavy atom. The van der Waals surface area contributed by atoms with Crippen LogP contribution in [0.2, 0.25) is 5.02 Å². The van der Waals surface area contributed by atoms with Gasteiger partial charge in [-0.15, -0.1) is 0 Å². The van der Waals surface area contributed by atoms with Gasteiger partial charge in [-0.1, -0.05) is 11.6 Å².